The Balaban J connectivity index is 2.01. The highest BCUT2D eigenvalue weighted by atomic mass is 79.9. The number of urea groups is 1. The van der Waals surface area contributed by atoms with Gasteiger partial charge < -0.3 is 5.11 Å². The third kappa shape index (κ3) is 3.42. The Morgan fingerprint density at radius 3 is 2.40 bits per heavy atom. The van der Waals surface area contributed by atoms with Crippen LogP contribution in [0.15, 0.2) is 52.5 Å². The number of barbiturate groups is 1. The summed E-state index contributed by atoms with van der Waals surface area (Å²) in [6, 6.07) is 9.76. The zero-order valence-corrected chi connectivity index (χ0v) is 14.8. The van der Waals surface area contributed by atoms with E-state index >= 15 is 0 Å². The molecule has 1 saturated heterocycles. The number of halogens is 2. The average molecular weight is 422 g/mol. The van der Waals surface area contributed by atoms with Crippen molar-refractivity contribution in [1.29, 1.82) is 0 Å². The molecular formula is C17H10BrClN2O4. The number of benzene rings is 2. The van der Waals surface area contributed by atoms with Gasteiger partial charge in [0, 0.05) is 5.02 Å². The monoisotopic (exact) mass is 420 g/mol. The summed E-state index contributed by atoms with van der Waals surface area (Å²) in [7, 11) is 0. The average Bonchev–Trinajstić information content (AvgIpc) is 2.56. The molecule has 1 heterocycles. The van der Waals surface area contributed by atoms with Gasteiger partial charge in [-0.2, -0.15) is 0 Å². The fourth-order valence-corrected chi connectivity index (χ4v) is 2.78. The third-order valence-corrected chi connectivity index (χ3v) is 4.36. The molecule has 0 aromatic heterocycles. The molecule has 6 nitrogen and oxygen atoms in total. The molecule has 1 aliphatic rings. The minimum Gasteiger partial charge on any atom is -0.507 e. The molecule has 0 unspecified atom stereocenters. The van der Waals surface area contributed by atoms with Gasteiger partial charge in [0.2, 0.25) is 0 Å². The second-order valence-electron chi connectivity index (χ2n) is 5.15. The molecule has 0 radical (unpaired) electrons. The van der Waals surface area contributed by atoms with Crippen molar-refractivity contribution in [2.45, 2.75) is 0 Å². The van der Waals surface area contributed by atoms with E-state index in [1.165, 1.54) is 42.5 Å². The SMILES string of the molecule is O=C1NC(=O)N(c2ccc(Cl)cc2)C(=O)/C1=C\c1ccc(O)c(Br)c1. The quantitative estimate of drug-likeness (QED) is 0.574. The lowest BCUT2D eigenvalue weighted by atomic mass is 10.1. The fourth-order valence-electron chi connectivity index (χ4n) is 2.26. The van der Waals surface area contributed by atoms with Gasteiger partial charge in [-0.05, 0) is 64.0 Å². The van der Waals surface area contributed by atoms with Crippen molar-refractivity contribution in [1.82, 2.24) is 5.32 Å². The number of amides is 4. The first-order chi connectivity index (χ1) is 11.9. The molecule has 1 aliphatic heterocycles. The summed E-state index contributed by atoms with van der Waals surface area (Å²) in [6.45, 7) is 0. The summed E-state index contributed by atoms with van der Waals surface area (Å²) in [5.74, 6) is -1.51. The number of hydrogen-bond acceptors (Lipinski definition) is 4. The van der Waals surface area contributed by atoms with Gasteiger partial charge in [-0.15, -0.1) is 0 Å². The Hall–Kier alpha value is -2.64. The second kappa shape index (κ2) is 6.70. The topological polar surface area (TPSA) is 86.7 Å². The van der Waals surface area contributed by atoms with E-state index in [1.807, 2.05) is 0 Å². The number of rotatable bonds is 2. The van der Waals surface area contributed by atoms with Crippen LogP contribution in [-0.2, 0) is 9.59 Å². The normalized spacial score (nSPS) is 16.3. The van der Waals surface area contributed by atoms with Crippen LogP contribution in [0.1, 0.15) is 5.56 Å². The summed E-state index contributed by atoms with van der Waals surface area (Å²) < 4.78 is 0.413. The molecular weight excluding hydrogens is 412 g/mol. The van der Waals surface area contributed by atoms with Crippen molar-refractivity contribution in [3.8, 4) is 5.75 Å². The van der Waals surface area contributed by atoms with Crippen LogP contribution in [0.5, 0.6) is 5.75 Å². The van der Waals surface area contributed by atoms with Crippen molar-refractivity contribution >= 4 is 57.1 Å². The first-order valence-corrected chi connectivity index (χ1v) is 8.19. The summed E-state index contributed by atoms with van der Waals surface area (Å²) in [5.41, 5.74) is 0.595. The molecule has 25 heavy (non-hydrogen) atoms. The van der Waals surface area contributed by atoms with Gasteiger partial charge in [-0.3, -0.25) is 14.9 Å². The van der Waals surface area contributed by atoms with E-state index in [0.29, 0.717) is 15.1 Å². The van der Waals surface area contributed by atoms with Crippen LogP contribution < -0.4 is 10.2 Å². The molecule has 4 amide bonds. The van der Waals surface area contributed by atoms with Crippen LogP contribution in [0, 0.1) is 0 Å². The highest BCUT2D eigenvalue weighted by molar-refractivity contribution is 9.10. The number of imide groups is 2. The van der Waals surface area contributed by atoms with Crippen LogP contribution in [0.2, 0.25) is 5.02 Å². The number of nitrogens with zero attached hydrogens (tertiary/aromatic N) is 1. The summed E-state index contributed by atoms with van der Waals surface area (Å²) in [5, 5.41) is 12.1. The fraction of sp³-hybridized carbons (Fsp3) is 0. The molecule has 2 N–H and O–H groups in total. The van der Waals surface area contributed by atoms with Crippen LogP contribution >= 0.6 is 27.5 Å². The Labute approximate surface area is 155 Å². The predicted molar refractivity (Wildman–Crippen MR) is 96.3 cm³/mol. The van der Waals surface area contributed by atoms with E-state index in [4.69, 9.17) is 11.6 Å². The maximum atomic E-state index is 12.7. The highest BCUT2D eigenvalue weighted by Crippen LogP contribution is 2.27. The van der Waals surface area contributed by atoms with E-state index < -0.39 is 17.8 Å². The number of anilines is 1. The van der Waals surface area contributed by atoms with Gasteiger partial charge in [0.25, 0.3) is 11.8 Å². The lowest BCUT2D eigenvalue weighted by Crippen LogP contribution is -2.54. The lowest BCUT2D eigenvalue weighted by Gasteiger charge is -2.26. The largest absolute Gasteiger partial charge is 0.507 e. The van der Waals surface area contributed by atoms with Crippen LogP contribution in [-0.4, -0.2) is 23.0 Å². The lowest BCUT2D eigenvalue weighted by molar-refractivity contribution is -0.122. The molecule has 8 heteroatoms. The van der Waals surface area contributed by atoms with Crippen molar-refractivity contribution in [3.63, 3.8) is 0 Å². The van der Waals surface area contributed by atoms with Crippen LogP contribution in [0.3, 0.4) is 0 Å². The Kier molecular flexibility index (Phi) is 4.61. The summed E-state index contributed by atoms with van der Waals surface area (Å²) in [6.07, 6.45) is 1.34. The minimum atomic E-state index is -0.832. The van der Waals surface area contributed by atoms with E-state index in [2.05, 4.69) is 21.2 Å². The first kappa shape index (κ1) is 17.2. The number of nitrogens with one attached hydrogen (secondary N) is 1. The smallest absolute Gasteiger partial charge is 0.335 e. The van der Waals surface area contributed by atoms with Crippen molar-refractivity contribution in [3.05, 3.63) is 63.1 Å². The molecule has 0 saturated carbocycles. The first-order valence-electron chi connectivity index (χ1n) is 7.02. The number of aromatic hydroxyl groups is 1. The zero-order chi connectivity index (χ0) is 18.1. The third-order valence-electron chi connectivity index (χ3n) is 3.47. The summed E-state index contributed by atoms with van der Waals surface area (Å²) in [4.78, 5) is 37.7. The molecule has 3 rings (SSSR count). The highest BCUT2D eigenvalue weighted by Gasteiger charge is 2.36. The predicted octanol–water partition coefficient (Wildman–Crippen LogP) is 3.47. The van der Waals surface area contributed by atoms with E-state index in [-0.39, 0.29) is 17.0 Å². The van der Waals surface area contributed by atoms with Gasteiger partial charge in [0.15, 0.2) is 0 Å². The van der Waals surface area contributed by atoms with Crippen LogP contribution in [0.25, 0.3) is 6.08 Å². The Bertz CT molecular complexity index is 925. The zero-order valence-electron chi connectivity index (χ0n) is 12.5. The maximum Gasteiger partial charge on any atom is 0.335 e. The van der Waals surface area contributed by atoms with Crippen molar-refractivity contribution in [2.24, 2.45) is 0 Å². The minimum absolute atomic E-state index is 0.0274. The van der Waals surface area contributed by atoms with Crippen molar-refractivity contribution in [2.75, 3.05) is 4.90 Å². The van der Waals surface area contributed by atoms with Crippen LogP contribution in [0.4, 0.5) is 10.5 Å². The van der Waals surface area contributed by atoms with Crippen molar-refractivity contribution < 1.29 is 19.5 Å². The molecule has 2 aromatic carbocycles. The van der Waals surface area contributed by atoms with Gasteiger partial charge in [-0.1, -0.05) is 17.7 Å². The molecule has 1 fully saturated rings. The van der Waals surface area contributed by atoms with E-state index in [0.717, 1.165) is 4.90 Å². The number of carbonyl (C=O) groups is 3. The van der Waals surface area contributed by atoms with Gasteiger partial charge in [0.05, 0.1) is 10.2 Å². The van der Waals surface area contributed by atoms with Gasteiger partial charge in [-0.25, -0.2) is 9.69 Å². The molecule has 2 aromatic rings. The Morgan fingerprint density at radius 2 is 1.76 bits per heavy atom. The van der Waals surface area contributed by atoms with Gasteiger partial charge in [0.1, 0.15) is 11.3 Å². The van der Waals surface area contributed by atoms with Gasteiger partial charge >= 0.3 is 6.03 Å². The molecule has 0 spiro atoms. The molecule has 0 atom stereocenters. The number of phenols is 1. The van der Waals surface area contributed by atoms with E-state index in [1.54, 1.807) is 6.07 Å². The second-order valence-corrected chi connectivity index (χ2v) is 6.44. The molecule has 126 valence electrons. The Morgan fingerprint density at radius 1 is 1.08 bits per heavy atom. The van der Waals surface area contributed by atoms with E-state index in [9.17, 15) is 19.5 Å². The summed E-state index contributed by atoms with van der Waals surface area (Å²) >= 11 is 8.98. The number of hydrogen-bond donors (Lipinski definition) is 2. The molecule has 0 bridgehead atoms. The number of phenolic OH excluding ortho intramolecular Hbond substituents is 1. The maximum absolute atomic E-state index is 12.7. The molecule has 0 aliphatic carbocycles. The number of carbonyl (C=O) groups excluding carboxylic acids is 3. The standard InChI is InChI=1S/C17H10BrClN2O4/c18-13-8-9(1-6-14(13)22)7-12-15(23)20-17(25)21(16(12)24)11-4-2-10(19)3-5-11/h1-8,22H,(H,20,23,25)/b12-7-.